The number of rotatable bonds is 7. The van der Waals surface area contributed by atoms with Crippen molar-refractivity contribution in [2.24, 2.45) is 5.92 Å². The number of aromatic nitrogens is 2. The lowest BCUT2D eigenvalue weighted by molar-refractivity contribution is -0.137. The van der Waals surface area contributed by atoms with Gasteiger partial charge in [-0.25, -0.2) is 18.7 Å². The van der Waals surface area contributed by atoms with Crippen molar-refractivity contribution in [3.63, 3.8) is 0 Å². The highest BCUT2D eigenvalue weighted by Gasteiger charge is 2.43. The summed E-state index contributed by atoms with van der Waals surface area (Å²) in [5, 5.41) is 2.78. The number of nitrogens with zero attached hydrogens (tertiary/aromatic N) is 3. The predicted molar refractivity (Wildman–Crippen MR) is 114 cm³/mol. The summed E-state index contributed by atoms with van der Waals surface area (Å²) < 4.78 is 72.5. The van der Waals surface area contributed by atoms with E-state index in [9.17, 15) is 26.7 Å². The number of anilines is 1. The van der Waals surface area contributed by atoms with Gasteiger partial charge in [-0.3, -0.25) is 4.79 Å². The number of carbonyl (C=O) groups is 1. The van der Waals surface area contributed by atoms with Gasteiger partial charge in [-0.05, 0) is 49.9 Å². The Balaban J connectivity index is 1.50. The van der Waals surface area contributed by atoms with E-state index in [1.165, 1.54) is 4.90 Å². The summed E-state index contributed by atoms with van der Waals surface area (Å²) in [6.07, 6.45) is -2.81. The van der Waals surface area contributed by atoms with E-state index in [0.29, 0.717) is 30.2 Å². The van der Waals surface area contributed by atoms with Gasteiger partial charge in [0.2, 0.25) is 0 Å². The Kier molecular flexibility index (Phi) is 6.64. The van der Waals surface area contributed by atoms with E-state index in [-0.39, 0.29) is 24.6 Å². The summed E-state index contributed by atoms with van der Waals surface area (Å²) in [4.78, 5) is 22.8. The van der Waals surface area contributed by atoms with Crippen LogP contribution >= 0.6 is 0 Å². The molecule has 1 saturated carbocycles. The molecule has 184 valence electrons. The normalized spacial score (nSPS) is 20.2. The lowest BCUT2D eigenvalue weighted by Gasteiger charge is -2.39. The average Bonchev–Trinajstić information content (AvgIpc) is 3.60. The summed E-state index contributed by atoms with van der Waals surface area (Å²) in [7, 11) is 0. The van der Waals surface area contributed by atoms with E-state index in [0.717, 1.165) is 25.0 Å². The first-order valence-electron chi connectivity index (χ1n) is 11.1. The molecular weight excluding hydrogens is 459 g/mol. The Morgan fingerprint density at radius 2 is 2.00 bits per heavy atom. The molecule has 0 radical (unpaired) electrons. The molecule has 1 saturated heterocycles. The number of carbonyl (C=O) groups excluding carboxylic acids is 1. The van der Waals surface area contributed by atoms with Gasteiger partial charge in [-0.2, -0.15) is 13.2 Å². The third-order valence-corrected chi connectivity index (χ3v) is 5.94. The topological polar surface area (TPSA) is 67.3 Å². The minimum absolute atomic E-state index is 0.0727. The molecule has 0 aromatic carbocycles. The van der Waals surface area contributed by atoms with E-state index >= 15 is 0 Å². The molecule has 1 amide bonds. The molecule has 3 heterocycles. The fourth-order valence-electron chi connectivity index (χ4n) is 3.80. The van der Waals surface area contributed by atoms with Crippen molar-refractivity contribution in [1.82, 2.24) is 14.9 Å². The quantitative estimate of drug-likeness (QED) is 0.564. The SMILES string of the molecule is Cc1ccc(OCC2CC2)c(C(=O)N2CCC(F)(F)C[C@H]2CNc2ccc(C(F)(F)F)cn2)n1. The number of amides is 1. The van der Waals surface area contributed by atoms with Crippen LogP contribution in [-0.4, -0.2) is 52.4 Å². The molecule has 6 nitrogen and oxygen atoms in total. The molecule has 0 unspecified atom stereocenters. The van der Waals surface area contributed by atoms with Crippen molar-refractivity contribution in [2.75, 3.05) is 25.0 Å². The number of hydrogen-bond acceptors (Lipinski definition) is 5. The summed E-state index contributed by atoms with van der Waals surface area (Å²) in [5.41, 5.74) is -0.250. The van der Waals surface area contributed by atoms with E-state index in [4.69, 9.17) is 4.74 Å². The van der Waals surface area contributed by atoms with Crippen LogP contribution in [0.5, 0.6) is 5.75 Å². The number of aryl methyl sites for hydroxylation is 1. The van der Waals surface area contributed by atoms with Gasteiger partial charge in [0.1, 0.15) is 5.82 Å². The van der Waals surface area contributed by atoms with Crippen molar-refractivity contribution in [1.29, 1.82) is 0 Å². The van der Waals surface area contributed by atoms with E-state index < -0.39 is 42.5 Å². The smallest absolute Gasteiger partial charge is 0.417 e. The first kappa shape index (κ1) is 24.2. The Morgan fingerprint density at radius 1 is 1.24 bits per heavy atom. The molecule has 1 aliphatic carbocycles. The van der Waals surface area contributed by atoms with Crippen LogP contribution in [0, 0.1) is 12.8 Å². The molecular formula is C23H25F5N4O2. The molecule has 1 N–H and O–H groups in total. The second-order valence-electron chi connectivity index (χ2n) is 8.83. The first-order valence-corrected chi connectivity index (χ1v) is 11.1. The molecule has 2 aromatic rings. The van der Waals surface area contributed by atoms with Gasteiger partial charge in [0.15, 0.2) is 11.4 Å². The minimum Gasteiger partial charge on any atom is -0.491 e. The Morgan fingerprint density at radius 3 is 2.65 bits per heavy atom. The van der Waals surface area contributed by atoms with Crippen LogP contribution in [0.1, 0.15) is 47.4 Å². The molecule has 1 atom stereocenters. The summed E-state index contributed by atoms with van der Waals surface area (Å²) in [6, 6.07) is 4.45. The van der Waals surface area contributed by atoms with Gasteiger partial charge in [-0.15, -0.1) is 0 Å². The van der Waals surface area contributed by atoms with Gasteiger partial charge < -0.3 is 15.0 Å². The second-order valence-corrected chi connectivity index (χ2v) is 8.83. The predicted octanol–water partition coefficient (Wildman–Crippen LogP) is 4.94. The van der Waals surface area contributed by atoms with Crippen LogP contribution in [0.3, 0.4) is 0 Å². The molecule has 0 spiro atoms. The number of likely N-dealkylation sites (tertiary alicyclic amines) is 1. The standard InChI is InChI=1S/C23H25F5N4O2/c1-14-2-6-18(34-13-15-3-4-15)20(31-14)21(33)32-9-8-22(24,25)10-17(32)12-30-19-7-5-16(11-29-19)23(26,27)28/h2,5-7,11,15,17H,3-4,8-10,12-13H2,1H3,(H,29,30)/t17-/m0/s1. The van der Waals surface area contributed by atoms with Gasteiger partial charge >= 0.3 is 6.18 Å². The molecule has 11 heteroatoms. The van der Waals surface area contributed by atoms with Gasteiger partial charge in [0, 0.05) is 37.8 Å². The number of nitrogens with one attached hydrogen (secondary N) is 1. The Hall–Kier alpha value is -2.98. The maximum absolute atomic E-state index is 14.2. The van der Waals surface area contributed by atoms with Gasteiger partial charge in [0.05, 0.1) is 18.2 Å². The van der Waals surface area contributed by atoms with Crippen LogP contribution in [0.2, 0.25) is 0 Å². The van der Waals surface area contributed by atoms with Crippen molar-refractivity contribution < 1.29 is 31.5 Å². The highest BCUT2D eigenvalue weighted by Crippen LogP contribution is 2.35. The average molecular weight is 484 g/mol. The fraction of sp³-hybridized carbons (Fsp3) is 0.522. The molecule has 0 bridgehead atoms. The van der Waals surface area contributed by atoms with Crippen molar-refractivity contribution in [3.05, 3.63) is 47.4 Å². The number of ether oxygens (including phenoxy) is 1. The summed E-state index contributed by atoms with van der Waals surface area (Å²) in [6.45, 7) is 1.90. The van der Waals surface area contributed by atoms with Gasteiger partial charge in [0.25, 0.3) is 11.8 Å². The number of pyridine rings is 2. The molecule has 1 aliphatic heterocycles. The Labute approximate surface area is 193 Å². The van der Waals surface area contributed by atoms with E-state index in [2.05, 4.69) is 15.3 Å². The number of halogens is 5. The zero-order valence-corrected chi connectivity index (χ0v) is 18.5. The number of piperidine rings is 1. The zero-order chi connectivity index (χ0) is 24.5. The van der Waals surface area contributed by atoms with Crippen LogP contribution in [0.15, 0.2) is 30.5 Å². The summed E-state index contributed by atoms with van der Waals surface area (Å²) in [5.74, 6) is -2.63. The minimum atomic E-state index is -4.53. The van der Waals surface area contributed by atoms with Crippen molar-refractivity contribution >= 4 is 11.7 Å². The molecule has 34 heavy (non-hydrogen) atoms. The van der Waals surface area contributed by atoms with Crippen molar-refractivity contribution in [2.45, 2.75) is 50.7 Å². The zero-order valence-electron chi connectivity index (χ0n) is 18.5. The summed E-state index contributed by atoms with van der Waals surface area (Å²) >= 11 is 0. The highest BCUT2D eigenvalue weighted by molar-refractivity contribution is 5.95. The lowest BCUT2D eigenvalue weighted by atomic mass is 9.97. The largest absolute Gasteiger partial charge is 0.491 e. The van der Waals surface area contributed by atoms with Crippen LogP contribution in [-0.2, 0) is 6.18 Å². The monoisotopic (exact) mass is 484 g/mol. The highest BCUT2D eigenvalue weighted by atomic mass is 19.4. The van der Waals surface area contributed by atoms with Crippen LogP contribution < -0.4 is 10.1 Å². The number of alkyl halides is 5. The first-order chi connectivity index (χ1) is 16.0. The molecule has 2 aromatic heterocycles. The maximum Gasteiger partial charge on any atom is 0.417 e. The molecule has 2 aliphatic rings. The fourth-order valence-corrected chi connectivity index (χ4v) is 3.80. The third kappa shape index (κ3) is 5.92. The molecule has 4 rings (SSSR count). The van der Waals surface area contributed by atoms with E-state index in [1.54, 1.807) is 19.1 Å². The Bertz CT molecular complexity index is 1030. The van der Waals surface area contributed by atoms with Gasteiger partial charge in [-0.1, -0.05) is 0 Å². The second kappa shape index (κ2) is 9.34. The maximum atomic E-state index is 14.2. The third-order valence-electron chi connectivity index (χ3n) is 5.94. The van der Waals surface area contributed by atoms with Crippen LogP contribution in [0.25, 0.3) is 0 Å². The lowest BCUT2D eigenvalue weighted by Crippen LogP contribution is -2.52. The number of hydrogen-bond donors (Lipinski definition) is 1. The van der Waals surface area contributed by atoms with Crippen LogP contribution in [0.4, 0.5) is 27.8 Å². The van der Waals surface area contributed by atoms with Crippen molar-refractivity contribution in [3.8, 4) is 5.75 Å². The molecule has 2 fully saturated rings. The van der Waals surface area contributed by atoms with E-state index in [1.807, 2.05) is 0 Å².